The van der Waals surface area contributed by atoms with Gasteiger partial charge in [0.1, 0.15) is 0 Å². The number of hydrogen-bond acceptors (Lipinski definition) is 3. The predicted octanol–water partition coefficient (Wildman–Crippen LogP) is 2.26. The number of ether oxygens (including phenoxy) is 1. The number of rotatable bonds is 4. The Morgan fingerprint density at radius 3 is 2.64 bits per heavy atom. The quantitative estimate of drug-likeness (QED) is 0.896. The van der Waals surface area contributed by atoms with Crippen LogP contribution in [0.15, 0.2) is 24.3 Å². The van der Waals surface area contributed by atoms with E-state index in [-0.39, 0.29) is 24.4 Å². The number of carbonyl (C=O) groups is 1. The summed E-state index contributed by atoms with van der Waals surface area (Å²) in [6.45, 7) is 3.58. The second-order valence-corrected chi connectivity index (χ2v) is 5.34. The van der Waals surface area contributed by atoms with Crippen molar-refractivity contribution in [2.75, 3.05) is 19.8 Å². The van der Waals surface area contributed by atoms with Crippen LogP contribution in [0.1, 0.15) is 30.5 Å². The molecule has 0 bridgehead atoms. The lowest BCUT2D eigenvalue weighted by Gasteiger charge is -2.24. The zero-order chi connectivity index (χ0) is 16.2. The van der Waals surface area contributed by atoms with Gasteiger partial charge in [-0.1, -0.05) is 12.1 Å². The van der Waals surface area contributed by atoms with Crippen LogP contribution >= 0.6 is 0 Å². The number of halogens is 3. The van der Waals surface area contributed by atoms with Gasteiger partial charge in [-0.05, 0) is 24.6 Å². The maximum Gasteiger partial charge on any atom is 0.416 e. The Bertz CT molecular complexity index is 497. The first-order valence-electron chi connectivity index (χ1n) is 7.14. The molecule has 1 fully saturated rings. The van der Waals surface area contributed by atoms with E-state index in [0.717, 1.165) is 12.1 Å². The highest BCUT2D eigenvalue weighted by Crippen LogP contribution is 2.29. The van der Waals surface area contributed by atoms with Gasteiger partial charge in [-0.3, -0.25) is 4.79 Å². The van der Waals surface area contributed by atoms with Crippen LogP contribution in [-0.2, 0) is 15.7 Å². The van der Waals surface area contributed by atoms with Gasteiger partial charge in [0, 0.05) is 19.0 Å². The molecule has 122 valence electrons. The van der Waals surface area contributed by atoms with Crippen LogP contribution in [0.3, 0.4) is 0 Å². The van der Waals surface area contributed by atoms with Gasteiger partial charge in [0.15, 0.2) is 0 Å². The monoisotopic (exact) mass is 316 g/mol. The van der Waals surface area contributed by atoms with E-state index in [0.29, 0.717) is 25.3 Å². The van der Waals surface area contributed by atoms with Gasteiger partial charge in [-0.25, -0.2) is 0 Å². The molecule has 0 spiro atoms. The zero-order valence-corrected chi connectivity index (χ0v) is 12.2. The summed E-state index contributed by atoms with van der Waals surface area (Å²) in [5.74, 6) is -0.157. The van der Waals surface area contributed by atoms with Gasteiger partial charge < -0.3 is 15.4 Å². The van der Waals surface area contributed by atoms with Crippen molar-refractivity contribution < 1.29 is 22.7 Å². The molecule has 0 aromatic heterocycles. The van der Waals surface area contributed by atoms with Gasteiger partial charge >= 0.3 is 6.18 Å². The Balaban J connectivity index is 1.88. The normalized spacial score (nSPS) is 20.5. The lowest BCUT2D eigenvalue weighted by Crippen LogP contribution is -2.44. The first-order valence-corrected chi connectivity index (χ1v) is 7.14. The highest BCUT2D eigenvalue weighted by Gasteiger charge is 2.30. The Kier molecular flexibility index (Phi) is 5.42. The smallest absolute Gasteiger partial charge is 0.378 e. The van der Waals surface area contributed by atoms with Gasteiger partial charge in [-0.15, -0.1) is 0 Å². The summed E-state index contributed by atoms with van der Waals surface area (Å²) < 4.78 is 42.8. The molecule has 7 heteroatoms. The molecular weight excluding hydrogens is 297 g/mol. The number of carbonyl (C=O) groups excluding carboxylic acids is 1. The maximum atomic E-state index is 12.5. The lowest BCUT2D eigenvalue weighted by atomic mass is 10.1. The van der Waals surface area contributed by atoms with Crippen molar-refractivity contribution >= 4 is 5.91 Å². The minimum absolute atomic E-state index is 0.0199. The number of nitrogens with one attached hydrogen (secondary N) is 2. The SMILES string of the molecule is CC(NC(=O)CC1COCCN1)c1ccc(C(F)(F)F)cc1. The summed E-state index contributed by atoms with van der Waals surface area (Å²) in [6, 6.07) is 4.45. The molecule has 0 aliphatic carbocycles. The minimum atomic E-state index is -4.35. The van der Waals surface area contributed by atoms with Crippen LogP contribution in [0.25, 0.3) is 0 Å². The molecule has 2 N–H and O–H groups in total. The van der Waals surface area contributed by atoms with Crippen LogP contribution in [0.5, 0.6) is 0 Å². The molecule has 1 heterocycles. The average Bonchev–Trinajstić information content (AvgIpc) is 2.47. The largest absolute Gasteiger partial charge is 0.416 e. The van der Waals surface area contributed by atoms with Gasteiger partial charge in [0.25, 0.3) is 0 Å². The molecule has 1 aromatic carbocycles. The van der Waals surface area contributed by atoms with E-state index >= 15 is 0 Å². The van der Waals surface area contributed by atoms with Crippen molar-refractivity contribution in [2.45, 2.75) is 31.6 Å². The van der Waals surface area contributed by atoms with E-state index < -0.39 is 11.7 Å². The molecule has 2 unspecified atom stereocenters. The van der Waals surface area contributed by atoms with Crippen molar-refractivity contribution in [2.24, 2.45) is 0 Å². The van der Waals surface area contributed by atoms with Gasteiger partial charge in [0.2, 0.25) is 5.91 Å². The van der Waals surface area contributed by atoms with E-state index in [4.69, 9.17) is 4.74 Å². The number of morpholine rings is 1. The predicted molar refractivity (Wildman–Crippen MR) is 75.2 cm³/mol. The standard InChI is InChI=1S/C15H19F3N2O2/c1-10(11-2-4-12(5-3-11)15(16,17)18)20-14(21)8-13-9-22-7-6-19-13/h2-5,10,13,19H,6-9H2,1H3,(H,20,21). The summed E-state index contributed by atoms with van der Waals surface area (Å²) in [7, 11) is 0. The van der Waals surface area contributed by atoms with Crippen LogP contribution < -0.4 is 10.6 Å². The number of hydrogen-bond donors (Lipinski definition) is 2. The Morgan fingerprint density at radius 2 is 2.09 bits per heavy atom. The highest BCUT2D eigenvalue weighted by molar-refractivity contribution is 5.77. The summed E-state index contributed by atoms with van der Waals surface area (Å²) >= 11 is 0. The molecule has 0 saturated carbocycles. The lowest BCUT2D eigenvalue weighted by molar-refractivity contribution is -0.137. The third-order valence-corrected chi connectivity index (χ3v) is 3.55. The highest BCUT2D eigenvalue weighted by atomic mass is 19.4. The number of alkyl halides is 3. The second-order valence-electron chi connectivity index (χ2n) is 5.34. The van der Waals surface area contributed by atoms with Crippen molar-refractivity contribution in [1.82, 2.24) is 10.6 Å². The summed E-state index contributed by atoms with van der Waals surface area (Å²) in [5.41, 5.74) is -0.0625. The summed E-state index contributed by atoms with van der Waals surface area (Å²) in [5, 5.41) is 5.96. The Hall–Kier alpha value is -1.60. The molecule has 22 heavy (non-hydrogen) atoms. The second kappa shape index (κ2) is 7.11. The van der Waals surface area contributed by atoms with E-state index in [1.807, 2.05) is 0 Å². The van der Waals surface area contributed by atoms with Crippen LogP contribution in [0, 0.1) is 0 Å². The fraction of sp³-hybridized carbons (Fsp3) is 0.533. The van der Waals surface area contributed by atoms with Crippen molar-refractivity contribution in [3.05, 3.63) is 35.4 Å². The third kappa shape index (κ3) is 4.71. The molecule has 2 atom stereocenters. The van der Waals surface area contributed by atoms with Crippen molar-refractivity contribution in [3.63, 3.8) is 0 Å². The molecule has 1 aromatic rings. The summed E-state index contributed by atoms with van der Waals surface area (Å²) in [4.78, 5) is 11.9. The van der Waals surface area contributed by atoms with E-state index in [9.17, 15) is 18.0 Å². The van der Waals surface area contributed by atoms with Crippen molar-refractivity contribution in [3.8, 4) is 0 Å². The first kappa shape index (κ1) is 16.8. The fourth-order valence-electron chi connectivity index (χ4n) is 2.32. The minimum Gasteiger partial charge on any atom is -0.378 e. The average molecular weight is 316 g/mol. The topological polar surface area (TPSA) is 50.4 Å². The molecule has 1 saturated heterocycles. The van der Waals surface area contributed by atoms with Crippen LogP contribution in [0.4, 0.5) is 13.2 Å². The number of amides is 1. The van der Waals surface area contributed by atoms with Gasteiger partial charge in [0.05, 0.1) is 24.8 Å². The molecule has 0 radical (unpaired) electrons. The zero-order valence-electron chi connectivity index (χ0n) is 12.2. The first-order chi connectivity index (χ1) is 10.4. The molecule has 1 aliphatic heterocycles. The Labute approximate surface area is 127 Å². The van der Waals surface area contributed by atoms with Crippen LogP contribution in [0.2, 0.25) is 0 Å². The van der Waals surface area contributed by atoms with Gasteiger partial charge in [-0.2, -0.15) is 13.2 Å². The Morgan fingerprint density at radius 1 is 1.41 bits per heavy atom. The molecule has 2 rings (SSSR count). The maximum absolute atomic E-state index is 12.5. The molecular formula is C15H19F3N2O2. The van der Waals surface area contributed by atoms with Crippen LogP contribution in [-0.4, -0.2) is 31.7 Å². The molecule has 4 nitrogen and oxygen atoms in total. The van der Waals surface area contributed by atoms with E-state index in [1.165, 1.54) is 12.1 Å². The van der Waals surface area contributed by atoms with E-state index in [1.54, 1.807) is 6.92 Å². The van der Waals surface area contributed by atoms with E-state index in [2.05, 4.69) is 10.6 Å². The third-order valence-electron chi connectivity index (χ3n) is 3.55. The molecule has 1 amide bonds. The summed E-state index contributed by atoms with van der Waals surface area (Å²) in [6.07, 6.45) is -4.07. The fourth-order valence-corrected chi connectivity index (χ4v) is 2.32. The van der Waals surface area contributed by atoms with Crippen molar-refractivity contribution in [1.29, 1.82) is 0 Å². The molecule has 1 aliphatic rings. The number of benzene rings is 1.